The second-order valence-corrected chi connectivity index (χ2v) is 3.59. The summed E-state index contributed by atoms with van der Waals surface area (Å²) in [4.78, 5) is 0. The molecule has 1 N–H and O–H groups in total. The van der Waals surface area contributed by atoms with Gasteiger partial charge in [0.2, 0.25) is 0 Å². The highest BCUT2D eigenvalue weighted by molar-refractivity contribution is 5.51. The number of rotatable bonds is 4. The molecule has 2 rings (SSSR count). The largest absolute Gasteiger partial charge is 0.459 e. The molecule has 0 amide bonds. The van der Waals surface area contributed by atoms with Crippen molar-refractivity contribution in [3.63, 3.8) is 0 Å². The minimum Gasteiger partial charge on any atom is -0.459 e. The van der Waals surface area contributed by atoms with Crippen LogP contribution in [0.15, 0.2) is 66.4 Å². The maximum Gasteiger partial charge on any atom is 0.130 e. The van der Waals surface area contributed by atoms with Crippen molar-refractivity contribution in [2.75, 3.05) is 6.61 Å². The Kier molecular flexibility index (Phi) is 3.95. The van der Waals surface area contributed by atoms with Gasteiger partial charge in [0.15, 0.2) is 0 Å². The van der Waals surface area contributed by atoms with Gasteiger partial charge in [0.1, 0.15) is 18.1 Å². The molecular formula is C15H14O2. The first kappa shape index (κ1) is 11.4. The van der Waals surface area contributed by atoms with Gasteiger partial charge in [0, 0.05) is 0 Å². The highest BCUT2D eigenvalue weighted by atomic mass is 16.5. The topological polar surface area (TPSA) is 29.5 Å². The molecule has 0 aliphatic heterocycles. The molecule has 0 saturated carbocycles. The van der Waals surface area contributed by atoms with E-state index in [4.69, 9.17) is 4.74 Å². The van der Waals surface area contributed by atoms with Crippen LogP contribution in [0.3, 0.4) is 0 Å². The van der Waals surface area contributed by atoms with Gasteiger partial charge < -0.3 is 9.84 Å². The van der Waals surface area contributed by atoms with E-state index in [1.807, 2.05) is 66.7 Å². The molecule has 0 saturated heterocycles. The average Bonchev–Trinajstić information content (AvgIpc) is 2.40. The van der Waals surface area contributed by atoms with E-state index in [1.165, 1.54) is 0 Å². The Morgan fingerprint density at radius 3 is 2.12 bits per heavy atom. The molecule has 0 heterocycles. The van der Waals surface area contributed by atoms with E-state index in [0.717, 1.165) is 11.3 Å². The van der Waals surface area contributed by atoms with Gasteiger partial charge in [-0.1, -0.05) is 48.5 Å². The van der Waals surface area contributed by atoms with Gasteiger partial charge in [0.05, 0.1) is 0 Å². The Labute approximate surface area is 101 Å². The number of hydrogen-bond acceptors (Lipinski definition) is 2. The van der Waals surface area contributed by atoms with Crippen molar-refractivity contribution in [2.45, 2.75) is 0 Å². The van der Waals surface area contributed by atoms with Gasteiger partial charge in [0.25, 0.3) is 0 Å². The number of ether oxygens (including phenoxy) is 1. The summed E-state index contributed by atoms with van der Waals surface area (Å²) >= 11 is 0. The third-order valence-electron chi connectivity index (χ3n) is 2.28. The van der Waals surface area contributed by atoms with Crippen molar-refractivity contribution in [3.05, 3.63) is 72.0 Å². The highest BCUT2D eigenvalue weighted by Gasteiger charge is 1.99. The summed E-state index contributed by atoms with van der Waals surface area (Å²) in [6.07, 6.45) is 1.83. The van der Waals surface area contributed by atoms with Crippen molar-refractivity contribution in [2.24, 2.45) is 0 Å². The van der Waals surface area contributed by atoms with Crippen LogP contribution in [-0.2, 0) is 0 Å². The Bertz CT molecular complexity index is 475. The normalized spacial score (nSPS) is 11.2. The molecule has 0 bridgehead atoms. The zero-order valence-electron chi connectivity index (χ0n) is 9.41. The molecule has 17 heavy (non-hydrogen) atoms. The first-order valence-corrected chi connectivity index (χ1v) is 5.48. The maximum atomic E-state index is 9.26. The maximum absolute atomic E-state index is 9.26. The van der Waals surface area contributed by atoms with E-state index >= 15 is 0 Å². The lowest BCUT2D eigenvalue weighted by molar-refractivity contribution is 0.266. The van der Waals surface area contributed by atoms with Crippen molar-refractivity contribution in [1.29, 1.82) is 0 Å². The van der Waals surface area contributed by atoms with Crippen LogP contribution in [-0.4, -0.2) is 11.7 Å². The molecule has 2 nitrogen and oxygen atoms in total. The fraction of sp³-hybridized carbons (Fsp3) is 0.0667. The second-order valence-electron chi connectivity index (χ2n) is 3.59. The molecule has 0 unspecified atom stereocenters. The molecule has 0 aromatic heterocycles. The van der Waals surface area contributed by atoms with E-state index in [-0.39, 0.29) is 6.61 Å². The standard InChI is InChI=1S/C15H14O2/c16-12-15(11-13-7-3-1-4-8-13)17-14-9-5-2-6-10-14/h1-11,16H,12H2/b15-11+. The molecule has 0 aliphatic rings. The fourth-order valence-corrected chi connectivity index (χ4v) is 1.48. The lowest BCUT2D eigenvalue weighted by Gasteiger charge is -2.07. The lowest BCUT2D eigenvalue weighted by atomic mass is 10.2. The molecule has 2 aromatic rings. The SMILES string of the molecule is OC/C(=C\c1ccccc1)Oc1ccccc1. The molecule has 0 spiro atoms. The average molecular weight is 226 g/mol. The number of aliphatic hydroxyl groups is 1. The zero-order valence-corrected chi connectivity index (χ0v) is 9.41. The Morgan fingerprint density at radius 1 is 0.941 bits per heavy atom. The molecule has 0 atom stereocenters. The monoisotopic (exact) mass is 226 g/mol. The van der Waals surface area contributed by atoms with Crippen LogP contribution in [0.4, 0.5) is 0 Å². The van der Waals surface area contributed by atoms with E-state index in [2.05, 4.69) is 0 Å². The minimum absolute atomic E-state index is 0.121. The summed E-state index contributed by atoms with van der Waals surface area (Å²) in [6, 6.07) is 19.2. The van der Waals surface area contributed by atoms with Crippen molar-refractivity contribution < 1.29 is 9.84 Å². The van der Waals surface area contributed by atoms with Crippen LogP contribution >= 0.6 is 0 Å². The number of aliphatic hydroxyl groups excluding tert-OH is 1. The third kappa shape index (κ3) is 3.47. The Hall–Kier alpha value is -2.06. The van der Waals surface area contributed by atoms with Crippen LogP contribution in [0.5, 0.6) is 5.75 Å². The zero-order chi connectivity index (χ0) is 11.9. The van der Waals surface area contributed by atoms with Crippen LogP contribution < -0.4 is 4.74 Å². The molecule has 0 aliphatic carbocycles. The lowest BCUT2D eigenvalue weighted by Crippen LogP contribution is -1.99. The molecule has 2 aromatic carbocycles. The van der Waals surface area contributed by atoms with Crippen LogP contribution in [0.1, 0.15) is 5.56 Å². The summed E-state index contributed by atoms with van der Waals surface area (Å²) in [5.41, 5.74) is 1.01. The summed E-state index contributed by atoms with van der Waals surface area (Å²) in [5.74, 6) is 1.26. The molecule has 0 fully saturated rings. The van der Waals surface area contributed by atoms with Crippen LogP contribution in [0.2, 0.25) is 0 Å². The number of benzene rings is 2. The predicted molar refractivity (Wildman–Crippen MR) is 68.6 cm³/mol. The number of para-hydroxylation sites is 1. The van der Waals surface area contributed by atoms with Gasteiger partial charge in [-0.05, 0) is 23.8 Å². The molecule has 86 valence electrons. The summed E-state index contributed by atoms with van der Waals surface area (Å²) < 4.78 is 5.58. The van der Waals surface area contributed by atoms with E-state index in [1.54, 1.807) is 0 Å². The second kappa shape index (κ2) is 5.87. The van der Waals surface area contributed by atoms with Gasteiger partial charge in [-0.15, -0.1) is 0 Å². The molecule has 2 heteroatoms. The van der Waals surface area contributed by atoms with Crippen molar-refractivity contribution in [1.82, 2.24) is 0 Å². The summed E-state index contributed by atoms with van der Waals surface area (Å²) in [7, 11) is 0. The van der Waals surface area contributed by atoms with E-state index < -0.39 is 0 Å². The molecule has 0 radical (unpaired) electrons. The Balaban J connectivity index is 2.15. The summed E-state index contributed by atoms with van der Waals surface area (Å²) in [5, 5.41) is 9.26. The highest BCUT2D eigenvalue weighted by Crippen LogP contribution is 2.14. The van der Waals surface area contributed by atoms with E-state index in [0.29, 0.717) is 5.76 Å². The third-order valence-corrected chi connectivity index (χ3v) is 2.28. The van der Waals surface area contributed by atoms with Crippen molar-refractivity contribution in [3.8, 4) is 5.75 Å². The first-order chi connectivity index (χ1) is 8.38. The van der Waals surface area contributed by atoms with E-state index in [9.17, 15) is 5.11 Å². The molecular weight excluding hydrogens is 212 g/mol. The smallest absolute Gasteiger partial charge is 0.130 e. The number of hydrogen-bond donors (Lipinski definition) is 1. The quantitative estimate of drug-likeness (QED) is 0.812. The minimum atomic E-state index is -0.121. The fourth-order valence-electron chi connectivity index (χ4n) is 1.48. The van der Waals surface area contributed by atoms with Gasteiger partial charge in [-0.2, -0.15) is 0 Å². The van der Waals surface area contributed by atoms with Crippen molar-refractivity contribution >= 4 is 6.08 Å². The van der Waals surface area contributed by atoms with Gasteiger partial charge in [-0.3, -0.25) is 0 Å². The van der Waals surface area contributed by atoms with Gasteiger partial charge >= 0.3 is 0 Å². The Morgan fingerprint density at radius 2 is 1.53 bits per heavy atom. The predicted octanol–water partition coefficient (Wildman–Crippen LogP) is 3.10. The summed E-state index contributed by atoms with van der Waals surface area (Å²) in [6.45, 7) is -0.121. The van der Waals surface area contributed by atoms with Crippen LogP contribution in [0.25, 0.3) is 6.08 Å². The first-order valence-electron chi connectivity index (χ1n) is 5.48. The van der Waals surface area contributed by atoms with Gasteiger partial charge in [-0.25, -0.2) is 0 Å². The van der Waals surface area contributed by atoms with Crippen LogP contribution in [0, 0.1) is 0 Å².